The van der Waals surface area contributed by atoms with Crippen molar-refractivity contribution in [2.75, 3.05) is 39.3 Å². The molecular weight excluding hydrogens is 287 g/mol. The van der Waals surface area contributed by atoms with Crippen LogP contribution in [-0.2, 0) is 19.8 Å². The number of hydrogen-bond donors (Lipinski definition) is 1. The van der Waals surface area contributed by atoms with Crippen molar-refractivity contribution < 1.29 is 27.4 Å². The second kappa shape index (κ2) is 7.63. The molecule has 1 unspecified atom stereocenters. The number of nitrogen functional groups attached to an aromatic ring is 1. The lowest BCUT2D eigenvalue weighted by Gasteiger charge is -2.32. The molecule has 0 spiro atoms. The van der Waals surface area contributed by atoms with Crippen LogP contribution in [0, 0.1) is 0 Å². The number of ether oxygens (including phenoxy) is 3. The number of benzene rings is 1. The van der Waals surface area contributed by atoms with Crippen LogP contribution in [-0.4, -0.2) is 39.7 Å². The molecular formula is C14H20F3NO3. The van der Waals surface area contributed by atoms with E-state index >= 15 is 0 Å². The SMILES string of the molecule is COCCOCCOC(C)(c1ccc(N)cc1)C(F)(F)F. The second-order valence-corrected chi connectivity index (χ2v) is 4.61. The molecule has 21 heavy (non-hydrogen) atoms. The number of hydrogen-bond acceptors (Lipinski definition) is 4. The van der Waals surface area contributed by atoms with Crippen LogP contribution in [0.15, 0.2) is 24.3 Å². The van der Waals surface area contributed by atoms with Gasteiger partial charge in [0.15, 0.2) is 5.60 Å². The van der Waals surface area contributed by atoms with Gasteiger partial charge in [0.1, 0.15) is 0 Å². The van der Waals surface area contributed by atoms with Gasteiger partial charge in [-0.15, -0.1) is 0 Å². The first kappa shape index (κ1) is 17.7. The third-order valence-corrected chi connectivity index (χ3v) is 3.05. The lowest BCUT2D eigenvalue weighted by Crippen LogP contribution is -2.42. The summed E-state index contributed by atoms with van der Waals surface area (Å²) in [5.41, 5.74) is 3.49. The highest BCUT2D eigenvalue weighted by Gasteiger charge is 2.53. The molecule has 120 valence electrons. The van der Waals surface area contributed by atoms with Crippen LogP contribution in [0.3, 0.4) is 0 Å². The molecule has 4 nitrogen and oxygen atoms in total. The molecule has 1 rings (SSSR count). The number of nitrogens with two attached hydrogens (primary N) is 1. The zero-order valence-electron chi connectivity index (χ0n) is 12.1. The minimum Gasteiger partial charge on any atom is -0.399 e. The van der Waals surface area contributed by atoms with Crippen LogP contribution in [0.5, 0.6) is 0 Å². The molecule has 1 aromatic rings. The fourth-order valence-corrected chi connectivity index (χ4v) is 1.68. The first-order valence-corrected chi connectivity index (χ1v) is 6.44. The maximum atomic E-state index is 13.3. The van der Waals surface area contributed by atoms with Crippen molar-refractivity contribution in [3.8, 4) is 0 Å². The Hall–Kier alpha value is -1.31. The molecule has 1 atom stereocenters. The van der Waals surface area contributed by atoms with E-state index < -0.39 is 11.8 Å². The second-order valence-electron chi connectivity index (χ2n) is 4.61. The molecule has 0 heterocycles. The van der Waals surface area contributed by atoms with E-state index in [1.807, 2.05) is 0 Å². The van der Waals surface area contributed by atoms with Crippen LogP contribution in [0.4, 0.5) is 18.9 Å². The monoisotopic (exact) mass is 307 g/mol. The molecule has 0 amide bonds. The smallest absolute Gasteiger partial charge is 0.399 e. The maximum Gasteiger partial charge on any atom is 0.421 e. The molecule has 0 aliphatic heterocycles. The van der Waals surface area contributed by atoms with E-state index in [0.29, 0.717) is 18.9 Å². The molecule has 0 aliphatic rings. The van der Waals surface area contributed by atoms with E-state index in [-0.39, 0.29) is 18.8 Å². The van der Waals surface area contributed by atoms with Crippen LogP contribution >= 0.6 is 0 Å². The molecule has 0 aliphatic carbocycles. The van der Waals surface area contributed by atoms with Crippen LogP contribution in [0.2, 0.25) is 0 Å². The molecule has 0 bridgehead atoms. The van der Waals surface area contributed by atoms with Gasteiger partial charge in [0.2, 0.25) is 0 Å². The van der Waals surface area contributed by atoms with Gasteiger partial charge in [0.25, 0.3) is 0 Å². The molecule has 2 N–H and O–H groups in total. The third kappa shape index (κ3) is 4.87. The Balaban J connectivity index is 2.69. The van der Waals surface area contributed by atoms with E-state index in [0.717, 1.165) is 6.92 Å². The predicted octanol–water partition coefficient (Wildman–Crippen LogP) is 2.73. The van der Waals surface area contributed by atoms with Gasteiger partial charge in [-0.05, 0) is 24.6 Å². The maximum absolute atomic E-state index is 13.3. The Morgan fingerprint density at radius 2 is 1.57 bits per heavy atom. The van der Waals surface area contributed by atoms with Gasteiger partial charge in [0, 0.05) is 12.8 Å². The van der Waals surface area contributed by atoms with Gasteiger partial charge in [-0.3, -0.25) is 0 Å². The van der Waals surface area contributed by atoms with Gasteiger partial charge < -0.3 is 19.9 Å². The van der Waals surface area contributed by atoms with Crippen molar-refractivity contribution in [1.29, 1.82) is 0 Å². The summed E-state index contributed by atoms with van der Waals surface area (Å²) >= 11 is 0. The number of anilines is 1. The predicted molar refractivity (Wildman–Crippen MR) is 72.9 cm³/mol. The fraction of sp³-hybridized carbons (Fsp3) is 0.571. The Labute approximate surface area is 122 Å². The minimum absolute atomic E-state index is 0.00101. The largest absolute Gasteiger partial charge is 0.421 e. The zero-order chi connectivity index (χ0) is 15.9. The molecule has 0 radical (unpaired) electrons. The number of halogens is 3. The van der Waals surface area contributed by atoms with Gasteiger partial charge in [-0.2, -0.15) is 13.2 Å². The van der Waals surface area contributed by atoms with E-state index in [2.05, 4.69) is 0 Å². The van der Waals surface area contributed by atoms with Crippen molar-refractivity contribution in [3.63, 3.8) is 0 Å². The Morgan fingerprint density at radius 3 is 2.10 bits per heavy atom. The van der Waals surface area contributed by atoms with Crippen molar-refractivity contribution in [3.05, 3.63) is 29.8 Å². The Bertz CT molecular complexity index is 422. The number of methoxy groups -OCH3 is 1. The van der Waals surface area contributed by atoms with E-state index in [1.54, 1.807) is 0 Å². The van der Waals surface area contributed by atoms with Gasteiger partial charge in [0.05, 0.1) is 26.4 Å². The van der Waals surface area contributed by atoms with Crippen LogP contribution < -0.4 is 5.73 Å². The van der Waals surface area contributed by atoms with Crippen LogP contribution in [0.25, 0.3) is 0 Å². The van der Waals surface area contributed by atoms with E-state index in [4.69, 9.17) is 19.9 Å². The van der Waals surface area contributed by atoms with Crippen molar-refractivity contribution in [2.24, 2.45) is 0 Å². The summed E-state index contributed by atoms with van der Waals surface area (Å²) < 4.78 is 54.8. The highest BCUT2D eigenvalue weighted by atomic mass is 19.4. The standard InChI is InChI=1S/C14H20F3NO3/c1-13(14(15,16)17,11-3-5-12(18)6-4-11)21-10-9-20-8-7-19-2/h3-6H,7-10,18H2,1-2H3. The lowest BCUT2D eigenvalue weighted by molar-refractivity contribution is -0.279. The summed E-state index contributed by atoms with van der Waals surface area (Å²) in [5, 5.41) is 0. The molecule has 1 aromatic carbocycles. The van der Waals surface area contributed by atoms with Crippen molar-refractivity contribution in [2.45, 2.75) is 18.7 Å². The third-order valence-electron chi connectivity index (χ3n) is 3.05. The quantitative estimate of drug-likeness (QED) is 0.593. The summed E-state index contributed by atoms with van der Waals surface area (Å²) in [5.74, 6) is 0. The van der Waals surface area contributed by atoms with E-state index in [9.17, 15) is 13.2 Å². The highest BCUT2D eigenvalue weighted by Crippen LogP contribution is 2.42. The average Bonchev–Trinajstić information content (AvgIpc) is 2.42. The fourth-order valence-electron chi connectivity index (χ4n) is 1.68. The molecule has 0 saturated carbocycles. The van der Waals surface area contributed by atoms with Gasteiger partial charge >= 0.3 is 6.18 Å². The molecule has 0 aromatic heterocycles. The molecule has 0 saturated heterocycles. The highest BCUT2D eigenvalue weighted by molar-refractivity contribution is 5.41. The number of rotatable bonds is 8. The van der Waals surface area contributed by atoms with Gasteiger partial charge in [-0.25, -0.2) is 0 Å². The van der Waals surface area contributed by atoms with E-state index in [1.165, 1.54) is 31.4 Å². The zero-order valence-corrected chi connectivity index (χ0v) is 12.1. The summed E-state index contributed by atoms with van der Waals surface area (Å²) in [7, 11) is 1.52. The Kier molecular flexibility index (Phi) is 6.44. The average molecular weight is 307 g/mol. The topological polar surface area (TPSA) is 53.7 Å². The summed E-state index contributed by atoms with van der Waals surface area (Å²) in [4.78, 5) is 0. The summed E-state index contributed by atoms with van der Waals surface area (Å²) in [6, 6.07) is 5.46. The lowest BCUT2D eigenvalue weighted by atomic mass is 9.95. The number of alkyl halides is 3. The molecule has 7 heteroatoms. The normalized spacial score (nSPS) is 14.9. The molecule has 0 fully saturated rings. The van der Waals surface area contributed by atoms with Crippen molar-refractivity contribution >= 4 is 5.69 Å². The minimum atomic E-state index is -4.55. The van der Waals surface area contributed by atoms with Gasteiger partial charge in [-0.1, -0.05) is 12.1 Å². The summed E-state index contributed by atoms with van der Waals surface area (Å²) in [6.07, 6.45) is -4.55. The first-order valence-electron chi connectivity index (χ1n) is 6.44. The first-order chi connectivity index (χ1) is 9.81. The Morgan fingerprint density at radius 1 is 1.00 bits per heavy atom. The van der Waals surface area contributed by atoms with Crippen LogP contribution in [0.1, 0.15) is 12.5 Å². The summed E-state index contributed by atoms with van der Waals surface area (Å²) in [6.45, 7) is 1.57. The van der Waals surface area contributed by atoms with Crippen molar-refractivity contribution in [1.82, 2.24) is 0 Å².